The average molecular weight is 416 g/mol. The quantitative estimate of drug-likeness (QED) is 0.298. The Hall–Kier alpha value is -1.31. The number of guanidine groups is 1. The highest BCUT2D eigenvalue weighted by Gasteiger charge is 2.13. The van der Waals surface area contributed by atoms with E-state index in [0.717, 1.165) is 0 Å². The van der Waals surface area contributed by atoms with Crippen LogP contribution in [0.25, 0.3) is 0 Å². The first-order valence-corrected chi connectivity index (χ1v) is 7.65. The van der Waals surface area contributed by atoms with E-state index in [2.05, 4.69) is 15.6 Å². The molecule has 122 valence electrons. The highest BCUT2D eigenvalue weighted by atomic mass is 127. The number of carbonyl (C=O) groups is 1. The Labute approximate surface area is 149 Å². The topological polar surface area (TPSA) is 79.5 Å². The number of amides is 1. The van der Waals surface area contributed by atoms with Crippen molar-refractivity contribution < 1.29 is 4.79 Å². The number of rotatable bonds is 5. The molecule has 1 amide bonds. The minimum Gasteiger partial charge on any atom is -0.370 e. The number of halogens is 1. The van der Waals surface area contributed by atoms with E-state index in [1.807, 2.05) is 18.2 Å². The van der Waals surface area contributed by atoms with Crippen molar-refractivity contribution in [3.05, 3.63) is 35.9 Å². The van der Waals surface area contributed by atoms with Crippen LogP contribution in [0, 0.1) is 0 Å². The molecule has 0 saturated heterocycles. The molecule has 1 aliphatic carbocycles. The molecule has 1 aromatic rings. The van der Waals surface area contributed by atoms with E-state index in [-0.39, 0.29) is 29.9 Å². The Morgan fingerprint density at radius 1 is 1.18 bits per heavy atom. The number of nitrogens with one attached hydrogen (secondary N) is 2. The van der Waals surface area contributed by atoms with Crippen molar-refractivity contribution in [2.24, 2.45) is 10.7 Å². The van der Waals surface area contributed by atoms with Gasteiger partial charge < -0.3 is 16.4 Å². The fraction of sp³-hybridized carbons (Fsp3) is 0.500. The van der Waals surface area contributed by atoms with Crippen LogP contribution < -0.4 is 16.4 Å². The second-order valence-corrected chi connectivity index (χ2v) is 5.37. The molecule has 1 saturated carbocycles. The molecule has 0 atom stereocenters. The Bertz CT molecular complexity index is 472. The summed E-state index contributed by atoms with van der Waals surface area (Å²) in [6.45, 7) is 0.977. The van der Waals surface area contributed by atoms with Crippen molar-refractivity contribution in [1.29, 1.82) is 0 Å². The van der Waals surface area contributed by atoms with Gasteiger partial charge in [-0.15, -0.1) is 24.0 Å². The molecule has 0 aliphatic heterocycles. The summed E-state index contributed by atoms with van der Waals surface area (Å²) in [6.07, 6.45) is 6.18. The van der Waals surface area contributed by atoms with Crippen LogP contribution in [0.15, 0.2) is 35.3 Å². The molecule has 0 bridgehead atoms. The molecule has 0 radical (unpaired) electrons. The minimum absolute atomic E-state index is 0. The summed E-state index contributed by atoms with van der Waals surface area (Å²) >= 11 is 0. The zero-order valence-corrected chi connectivity index (χ0v) is 15.1. The summed E-state index contributed by atoms with van der Waals surface area (Å²) < 4.78 is 0. The molecule has 0 spiro atoms. The molecule has 4 N–H and O–H groups in total. The highest BCUT2D eigenvalue weighted by Crippen LogP contribution is 2.16. The summed E-state index contributed by atoms with van der Waals surface area (Å²) in [5.41, 5.74) is 6.52. The predicted molar refractivity (Wildman–Crippen MR) is 101 cm³/mol. The van der Waals surface area contributed by atoms with Crippen molar-refractivity contribution in [2.75, 3.05) is 13.1 Å². The van der Waals surface area contributed by atoms with Gasteiger partial charge in [0, 0.05) is 18.2 Å². The zero-order valence-electron chi connectivity index (χ0n) is 12.8. The number of nitrogens with two attached hydrogens (primary N) is 1. The lowest BCUT2D eigenvalue weighted by Crippen LogP contribution is -2.41. The third-order valence-electron chi connectivity index (χ3n) is 3.67. The fourth-order valence-electron chi connectivity index (χ4n) is 2.54. The van der Waals surface area contributed by atoms with Gasteiger partial charge in [0.2, 0.25) is 0 Å². The second kappa shape index (κ2) is 10.4. The van der Waals surface area contributed by atoms with Gasteiger partial charge in [0.05, 0.1) is 6.54 Å². The molecule has 0 heterocycles. The van der Waals surface area contributed by atoms with Crippen molar-refractivity contribution in [3.8, 4) is 0 Å². The highest BCUT2D eigenvalue weighted by molar-refractivity contribution is 14.0. The number of carbonyl (C=O) groups excluding carboxylic acids is 1. The maximum atomic E-state index is 11.8. The molecular weight excluding hydrogens is 391 g/mol. The lowest BCUT2D eigenvalue weighted by atomic mass is 9.96. The van der Waals surface area contributed by atoms with E-state index < -0.39 is 0 Å². The standard InChI is InChI=1S/C16H24N4O.HI/c17-16(20-14-9-5-2-6-10-14)19-12-11-18-15(21)13-7-3-1-4-8-13;/h1,3-4,7-8,14H,2,5-6,9-12H2,(H,18,21)(H3,17,19,20);1H. The smallest absolute Gasteiger partial charge is 0.251 e. The fourth-order valence-corrected chi connectivity index (χ4v) is 2.54. The molecule has 2 rings (SSSR count). The molecule has 0 unspecified atom stereocenters. The normalized spacial score (nSPS) is 15.7. The molecule has 6 heteroatoms. The Morgan fingerprint density at radius 3 is 2.55 bits per heavy atom. The van der Waals surface area contributed by atoms with E-state index in [4.69, 9.17) is 5.73 Å². The lowest BCUT2D eigenvalue weighted by Gasteiger charge is -2.23. The summed E-state index contributed by atoms with van der Waals surface area (Å²) in [5, 5.41) is 6.08. The van der Waals surface area contributed by atoms with E-state index in [9.17, 15) is 4.79 Å². The molecule has 0 aromatic heterocycles. The molecule has 1 aromatic carbocycles. The Kier molecular flexibility index (Phi) is 8.88. The van der Waals surface area contributed by atoms with Gasteiger partial charge in [0.25, 0.3) is 5.91 Å². The van der Waals surface area contributed by atoms with Crippen LogP contribution in [-0.2, 0) is 0 Å². The first-order valence-electron chi connectivity index (χ1n) is 7.65. The van der Waals surface area contributed by atoms with Gasteiger partial charge in [-0.1, -0.05) is 37.5 Å². The summed E-state index contributed by atoms with van der Waals surface area (Å²) in [5.74, 6) is 0.403. The first kappa shape index (κ1) is 18.7. The second-order valence-electron chi connectivity index (χ2n) is 5.37. The molecule has 5 nitrogen and oxygen atoms in total. The van der Waals surface area contributed by atoms with E-state index in [1.165, 1.54) is 32.1 Å². The molecular formula is C16H25IN4O. The predicted octanol–water partition coefficient (Wildman–Crippen LogP) is 2.27. The van der Waals surface area contributed by atoms with Crippen molar-refractivity contribution in [3.63, 3.8) is 0 Å². The van der Waals surface area contributed by atoms with Crippen LogP contribution in [0.1, 0.15) is 42.5 Å². The van der Waals surface area contributed by atoms with Gasteiger partial charge in [-0.25, -0.2) is 0 Å². The third kappa shape index (κ3) is 6.64. The largest absolute Gasteiger partial charge is 0.370 e. The zero-order chi connectivity index (χ0) is 14.9. The van der Waals surface area contributed by atoms with E-state index in [1.54, 1.807) is 12.1 Å². The molecule has 22 heavy (non-hydrogen) atoms. The number of benzene rings is 1. The number of hydrogen-bond donors (Lipinski definition) is 3. The Morgan fingerprint density at radius 2 is 1.86 bits per heavy atom. The van der Waals surface area contributed by atoms with Crippen LogP contribution in [0.2, 0.25) is 0 Å². The maximum absolute atomic E-state index is 11.8. The number of aliphatic imine (C=N–C) groups is 1. The summed E-state index contributed by atoms with van der Waals surface area (Å²) in [4.78, 5) is 16.1. The lowest BCUT2D eigenvalue weighted by molar-refractivity contribution is 0.0955. The number of nitrogens with zero attached hydrogens (tertiary/aromatic N) is 1. The van der Waals surface area contributed by atoms with Crippen LogP contribution in [0.4, 0.5) is 0 Å². The van der Waals surface area contributed by atoms with Crippen LogP contribution in [0.3, 0.4) is 0 Å². The number of hydrogen-bond acceptors (Lipinski definition) is 2. The molecule has 1 aliphatic rings. The van der Waals surface area contributed by atoms with Crippen LogP contribution in [-0.4, -0.2) is 31.0 Å². The van der Waals surface area contributed by atoms with Gasteiger partial charge >= 0.3 is 0 Å². The average Bonchev–Trinajstić information content (AvgIpc) is 2.53. The van der Waals surface area contributed by atoms with Crippen LogP contribution in [0.5, 0.6) is 0 Å². The van der Waals surface area contributed by atoms with Crippen molar-refractivity contribution in [1.82, 2.24) is 10.6 Å². The summed E-state index contributed by atoms with van der Waals surface area (Å²) in [6, 6.07) is 9.62. The van der Waals surface area contributed by atoms with Gasteiger partial charge in [-0.05, 0) is 25.0 Å². The minimum atomic E-state index is -0.0791. The van der Waals surface area contributed by atoms with Gasteiger partial charge in [-0.3, -0.25) is 9.79 Å². The van der Waals surface area contributed by atoms with E-state index >= 15 is 0 Å². The first-order chi connectivity index (χ1) is 10.3. The van der Waals surface area contributed by atoms with Gasteiger partial charge in [0.1, 0.15) is 0 Å². The van der Waals surface area contributed by atoms with Gasteiger partial charge in [0.15, 0.2) is 5.96 Å². The van der Waals surface area contributed by atoms with Crippen molar-refractivity contribution in [2.45, 2.75) is 38.1 Å². The van der Waals surface area contributed by atoms with E-state index in [0.29, 0.717) is 30.7 Å². The molecule has 1 fully saturated rings. The SMILES string of the molecule is I.NC(=NCCNC(=O)c1ccccc1)NC1CCCCC1. The Balaban J connectivity index is 0.00000242. The summed E-state index contributed by atoms with van der Waals surface area (Å²) in [7, 11) is 0. The monoisotopic (exact) mass is 416 g/mol. The van der Waals surface area contributed by atoms with Crippen LogP contribution >= 0.6 is 24.0 Å². The third-order valence-corrected chi connectivity index (χ3v) is 3.67. The maximum Gasteiger partial charge on any atom is 0.251 e. The van der Waals surface area contributed by atoms with Gasteiger partial charge in [-0.2, -0.15) is 0 Å². The van der Waals surface area contributed by atoms with Crippen molar-refractivity contribution >= 4 is 35.8 Å².